The number of nitrogens with zero attached hydrogens (tertiary/aromatic N) is 5. The summed E-state index contributed by atoms with van der Waals surface area (Å²) in [6.45, 7) is 42.0. The summed E-state index contributed by atoms with van der Waals surface area (Å²) in [7, 11) is 0. The third-order valence-corrected chi connectivity index (χ3v) is 20.4. The molecular formula is C122H125FIr5N5O10-5. The van der Waals surface area contributed by atoms with Crippen molar-refractivity contribution < 1.29 is 154 Å². The molecule has 11 aromatic carbocycles. The van der Waals surface area contributed by atoms with Crippen LogP contribution < -0.4 is 0 Å². The number of aryl methyl sites for hydroxylation is 10. The fraction of sp³-hybridized carbons (Fsp3) is 0.213. The van der Waals surface area contributed by atoms with Gasteiger partial charge < -0.3 is 25.5 Å². The molecule has 5 N–H and O–H groups in total. The minimum Gasteiger partial charge on any atom is -0.512 e. The van der Waals surface area contributed by atoms with E-state index in [0.29, 0.717) is 10.9 Å². The summed E-state index contributed by atoms with van der Waals surface area (Å²) in [6.07, 6.45) is 7.89. The van der Waals surface area contributed by atoms with Gasteiger partial charge in [0.2, 0.25) is 0 Å². The monoisotopic (exact) mass is 2800 g/mol. The molecule has 0 aliphatic rings. The second-order valence-electron chi connectivity index (χ2n) is 34.6. The van der Waals surface area contributed by atoms with E-state index in [-0.39, 0.29) is 169 Å². The number of carbonyl (C=O) groups excluding carboxylic acids is 5. The van der Waals surface area contributed by atoms with Gasteiger partial charge >= 0.3 is 0 Å². The van der Waals surface area contributed by atoms with Gasteiger partial charge in [0.15, 0.2) is 28.9 Å². The maximum absolute atomic E-state index is 13.6. The van der Waals surface area contributed by atoms with Crippen molar-refractivity contribution in [1.29, 1.82) is 0 Å². The van der Waals surface area contributed by atoms with Crippen LogP contribution in [0.2, 0.25) is 0 Å². The van der Waals surface area contributed by atoms with Crippen LogP contribution in [0.4, 0.5) is 4.39 Å². The molecule has 0 amide bonds. The van der Waals surface area contributed by atoms with E-state index in [1.165, 1.54) is 183 Å². The van der Waals surface area contributed by atoms with Gasteiger partial charge in [0, 0.05) is 147 Å². The molecule has 0 atom stereocenters. The molecule has 143 heavy (non-hydrogen) atoms. The molecule has 0 bridgehead atoms. The zero-order valence-corrected chi connectivity index (χ0v) is 97.1. The first-order valence-corrected chi connectivity index (χ1v) is 45.4. The number of fused-ring (bicyclic) bond motifs is 5. The van der Waals surface area contributed by atoms with Gasteiger partial charge in [-0.05, 0) is 187 Å². The Morgan fingerprint density at radius 3 is 1.10 bits per heavy atom. The van der Waals surface area contributed by atoms with Gasteiger partial charge in [-0.3, -0.25) is 48.9 Å². The number of ketones is 5. The summed E-state index contributed by atoms with van der Waals surface area (Å²) in [5.74, 6) is -0.548. The number of aromatic nitrogens is 5. The van der Waals surface area contributed by atoms with Crippen molar-refractivity contribution in [3.63, 3.8) is 0 Å². The smallest absolute Gasteiger partial charge is 0.155 e. The largest absolute Gasteiger partial charge is 0.512 e. The number of benzene rings is 11. The molecule has 0 aliphatic carbocycles. The molecule has 16 aromatic rings. The molecule has 0 spiro atoms. The number of pyridine rings is 5. The zero-order valence-electron chi connectivity index (χ0n) is 85.1. The van der Waals surface area contributed by atoms with E-state index in [4.69, 9.17) is 40.5 Å². The molecule has 5 aromatic heterocycles. The summed E-state index contributed by atoms with van der Waals surface area (Å²) < 4.78 is 13.6. The van der Waals surface area contributed by atoms with Gasteiger partial charge in [-0.25, -0.2) is 4.39 Å². The van der Waals surface area contributed by atoms with Crippen LogP contribution in [0.1, 0.15) is 165 Å². The third-order valence-electron chi connectivity index (χ3n) is 20.4. The fourth-order valence-corrected chi connectivity index (χ4v) is 14.2. The maximum Gasteiger partial charge on any atom is 0.155 e. The Balaban J connectivity index is 0.000000554. The number of aliphatic hydroxyl groups is 5. The number of rotatable bonds is 13. The molecule has 5 radical (unpaired) electrons. The average Bonchev–Trinajstić information content (AvgIpc) is 0.743. The zero-order chi connectivity index (χ0) is 102. The Hall–Kier alpha value is -12.3. The van der Waals surface area contributed by atoms with Crippen LogP contribution in [0.5, 0.6) is 0 Å². The van der Waals surface area contributed by atoms with Crippen molar-refractivity contribution in [2.75, 3.05) is 0 Å². The summed E-state index contributed by atoms with van der Waals surface area (Å²) in [4.78, 5) is 73.8. The summed E-state index contributed by atoms with van der Waals surface area (Å²) in [6, 6.07) is 103. The Bertz CT molecular complexity index is 6900. The first kappa shape index (κ1) is 127. The second-order valence-corrected chi connectivity index (χ2v) is 34.6. The first-order valence-electron chi connectivity index (χ1n) is 45.4. The Kier molecular flexibility index (Phi) is 55.8. The number of halogens is 1. The predicted octanol–water partition coefficient (Wildman–Crippen LogP) is 30.4. The van der Waals surface area contributed by atoms with Crippen LogP contribution in [-0.2, 0) is 143 Å². The second kappa shape index (κ2) is 63.0. The molecule has 0 aliphatic heterocycles. The number of aliphatic hydroxyl groups excluding tert-OH is 5. The molecule has 21 heteroatoms. The van der Waals surface area contributed by atoms with Crippen LogP contribution in [0.15, 0.2) is 314 Å². The Morgan fingerprint density at radius 2 is 0.685 bits per heavy atom. The third kappa shape index (κ3) is 43.8. The van der Waals surface area contributed by atoms with Gasteiger partial charge in [0.1, 0.15) is 5.82 Å². The van der Waals surface area contributed by atoms with Crippen molar-refractivity contribution in [2.24, 2.45) is 0 Å². The first-order chi connectivity index (χ1) is 65.3. The molecule has 0 saturated carbocycles. The van der Waals surface area contributed by atoms with E-state index in [9.17, 15) is 28.4 Å². The standard InChI is InChI=1S/C23H18N.C21H22N.C19H18N.C17H13FN.C17H14N.5C5H8O2.5Ir/c1-16-13-17(2)15-19(14-16)22-12-11-21-20(9-6-10-23(21)24-22)18-7-4-3-5-8-18;1-14-10-16(13-17(11-14)21(3,4)5)20-12-15(2)18-8-6-7-9-19(18)22-20;1-3-14-11-15(4-2)13-17(12-14)19-10-9-16-7-5-6-8-18(16)20-19;1-11-8-12(2)10-13(9-11)16-7-6-14-15(18)4-3-5-17(14)19-16;1-12-7-8-15(11-13(12)2)17-10-9-14-5-3-4-6-16(14)18-17;5*1-4(6)3-5(2)7;;;;;/h3-14H,1-2H3;6-9,11-13H,1-5H3;5-12H,3-4H2,1-2H3;3-9H,1-2H3;3-7,9-11H,1-2H3;5*3,6H,1-2H3;;;;;/q5*-1;;;;;;;;;;. The van der Waals surface area contributed by atoms with Gasteiger partial charge in [-0.2, -0.15) is 0 Å². The van der Waals surface area contributed by atoms with Crippen LogP contribution in [0.3, 0.4) is 0 Å². The number of hydrogen-bond donors (Lipinski definition) is 5. The van der Waals surface area contributed by atoms with Crippen molar-refractivity contribution >= 4 is 83.4 Å². The van der Waals surface area contributed by atoms with Crippen LogP contribution in [0, 0.1) is 91.5 Å². The van der Waals surface area contributed by atoms with E-state index < -0.39 is 0 Å². The molecule has 5 heterocycles. The molecule has 0 saturated heterocycles. The Labute approximate surface area is 910 Å². The molecule has 0 unspecified atom stereocenters. The summed E-state index contributed by atoms with van der Waals surface area (Å²) in [5, 5.41) is 47.1. The number of hydrogen-bond acceptors (Lipinski definition) is 15. The summed E-state index contributed by atoms with van der Waals surface area (Å²) in [5.41, 5.74) is 30.9. The van der Waals surface area contributed by atoms with E-state index in [0.717, 1.165) is 108 Å². The van der Waals surface area contributed by atoms with Crippen molar-refractivity contribution in [1.82, 2.24) is 24.9 Å². The molecule has 0 fully saturated rings. The number of carbonyl (C=O) groups is 5. The van der Waals surface area contributed by atoms with E-state index in [1.54, 1.807) is 12.1 Å². The molecular weight excluding hydrogens is 2680 g/mol. The number of para-hydroxylation sites is 3. The molecule has 16 rings (SSSR count). The molecule has 15 nitrogen and oxygen atoms in total. The van der Waals surface area contributed by atoms with Crippen LogP contribution in [0.25, 0.3) is 122 Å². The minimum atomic E-state index is -0.235. The SMILES string of the molecule is CC(=O)C=C(C)O.CC(=O)C=C(C)O.CC(=O)C=C(C)O.CC(=O)C=C(C)O.CC(=O)C=C(C)O.CCc1[c-]c(-c2ccc3ccccc3n2)cc(CC)c1.Cc1[c-]c(-c2cc(C)c3ccccc3n2)cc(C(C)(C)C)c1.Cc1[c-]c(-c2ccc3c(-c4ccccc4)cccc3n2)cc(C)c1.Cc1[c-]c(-c2ccc3c(F)cccc3n2)cc(C)c1.Cc1c[c-]c(-c2ccc3ccccc3n2)cc1C.[Ir].[Ir].[Ir].[Ir].[Ir]. The summed E-state index contributed by atoms with van der Waals surface area (Å²) >= 11 is 0. The predicted molar refractivity (Wildman–Crippen MR) is 566 cm³/mol. The van der Waals surface area contributed by atoms with Crippen molar-refractivity contribution in [2.45, 2.75) is 178 Å². The number of allylic oxidation sites excluding steroid dienone is 10. The quantitative estimate of drug-likeness (QED) is 0.0409. The fourth-order valence-electron chi connectivity index (χ4n) is 14.2. The topological polar surface area (TPSA) is 251 Å². The maximum atomic E-state index is 13.6. The van der Waals surface area contributed by atoms with Gasteiger partial charge in [-0.1, -0.05) is 241 Å². The van der Waals surface area contributed by atoms with E-state index >= 15 is 0 Å². The van der Waals surface area contributed by atoms with Gasteiger partial charge in [-0.15, -0.1) is 174 Å². The Morgan fingerprint density at radius 1 is 0.322 bits per heavy atom. The normalized spacial score (nSPS) is 10.8. The minimum absolute atomic E-state index is 0. The average molecular weight is 2800 g/mol. The molecule has 755 valence electrons. The van der Waals surface area contributed by atoms with Crippen molar-refractivity contribution in [3.05, 3.63) is 411 Å². The van der Waals surface area contributed by atoms with Crippen LogP contribution >= 0.6 is 0 Å². The van der Waals surface area contributed by atoms with Gasteiger partial charge in [0.05, 0.1) is 56.4 Å². The van der Waals surface area contributed by atoms with Crippen molar-refractivity contribution in [3.8, 4) is 67.4 Å². The van der Waals surface area contributed by atoms with Crippen LogP contribution in [-0.4, -0.2) is 79.4 Å². The van der Waals surface area contributed by atoms with Gasteiger partial charge in [0.25, 0.3) is 0 Å². The van der Waals surface area contributed by atoms with E-state index in [2.05, 4.69) is 286 Å². The van der Waals surface area contributed by atoms with E-state index in [1.807, 2.05) is 80.6 Å².